The number of nitrogens with zero attached hydrogens (tertiary/aromatic N) is 1. The van der Waals surface area contributed by atoms with E-state index in [1.54, 1.807) is 30.3 Å². The summed E-state index contributed by atoms with van der Waals surface area (Å²) in [6, 6.07) is 13.6. The minimum atomic E-state index is -4.14. The Hall–Kier alpha value is -2.88. The molecule has 0 amide bonds. The van der Waals surface area contributed by atoms with Gasteiger partial charge in [-0.2, -0.15) is 4.31 Å². The predicted molar refractivity (Wildman–Crippen MR) is 111 cm³/mol. The predicted octanol–water partition coefficient (Wildman–Crippen LogP) is 4.40. The molecule has 0 N–H and O–H groups in total. The summed E-state index contributed by atoms with van der Waals surface area (Å²) in [5.74, 6) is -1.74. The lowest BCUT2D eigenvalue weighted by atomic mass is 10.1. The molecular formula is C23H20F3NO4S. The van der Waals surface area contributed by atoms with E-state index in [0.717, 1.165) is 22.0 Å². The Kier molecular flexibility index (Phi) is 6.50. The third-order valence-electron chi connectivity index (χ3n) is 4.97. The van der Waals surface area contributed by atoms with Crippen LogP contribution >= 0.6 is 0 Å². The van der Waals surface area contributed by atoms with Gasteiger partial charge in [-0.1, -0.05) is 18.2 Å². The molecule has 0 aromatic heterocycles. The highest BCUT2D eigenvalue weighted by Crippen LogP contribution is 2.28. The van der Waals surface area contributed by atoms with Crippen molar-refractivity contribution in [3.8, 4) is 5.75 Å². The van der Waals surface area contributed by atoms with E-state index in [2.05, 4.69) is 0 Å². The molecule has 1 heterocycles. The summed E-state index contributed by atoms with van der Waals surface area (Å²) in [6.07, 6.45) is 0. The highest BCUT2D eigenvalue weighted by atomic mass is 32.2. The second-order valence-corrected chi connectivity index (χ2v) is 9.29. The van der Waals surface area contributed by atoms with Gasteiger partial charge in [0.2, 0.25) is 10.0 Å². The van der Waals surface area contributed by atoms with Gasteiger partial charge >= 0.3 is 0 Å². The van der Waals surface area contributed by atoms with E-state index >= 15 is 0 Å². The first-order valence-corrected chi connectivity index (χ1v) is 11.3. The highest BCUT2D eigenvalue weighted by Gasteiger charge is 2.28. The molecule has 3 aromatic carbocycles. The summed E-state index contributed by atoms with van der Waals surface area (Å²) in [7, 11) is -4.14. The quantitative estimate of drug-likeness (QED) is 0.544. The largest absolute Gasteiger partial charge is 0.492 e. The maximum Gasteiger partial charge on any atom is 0.243 e. The lowest BCUT2D eigenvalue weighted by Gasteiger charge is -2.20. The molecular weight excluding hydrogens is 443 g/mol. The smallest absolute Gasteiger partial charge is 0.243 e. The number of sulfonamides is 1. The first-order chi connectivity index (χ1) is 15.3. The summed E-state index contributed by atoms with van der Waals surface area (Å²) in [4.78, 5) is -0.451. The summed E-state index contributed by atoms with van der Waals surface area (Å²) < 4.78 is 78.8. The van der Waals surface area contributed by atoms with Crippen LogP contribution in [0.4, 0.5) is 13.2 Å². The average molecular weight is 463 g/mol. The zero-order chi connectivity index (χ0) is 22.7. The zero-order valence-corrected chi connectivity index (χ0v) is 17.7. The van der Waals surface area contributed by atoms with Crippen molar-refractivity contribution >= 4 is 10.0 Å². The third kappa shape index (κ3) is 5.12. The lowest BCUT2D eigenvalue weighted by molar-refractivity contribution is 0.107. The van der Waals surface area contributed by atoms with Crippen LogP contribution in [-0.4, -0.2) is 25.9 Å². The zero-order valence-electron chi connectivity index (χ0n) is 16.9. The molecule has 0 bridgehead atoms. The molecule has 0 aliphatic carbocycles. The van der Waals surface area contributed by atoms with Crippen molar-refractivity contribution in [2.75, 3.05) is 13.2 Å². The number of halogens is 3. The monoisotopic (exact) mass is 463 g/mol. The van der Waals surface area contributed by atoms with Gasteiger partial charge in [-0.15, -0.1) is 0 Å². The molecule has 0 unspecified atom stereocenters. The van der Waals surface area contributed by atoms with Gasteiger partial charge in [-0.05, 0) is 47.5 Å². The minimum Gasteiger partial charge on any atom is -0.492 e. The number of hydrogen-bond acceptors (Lipinski definition) is 4. The fourth-order valence-corrected chi connectivity index (χ4v) is 4.90. The van der Waals surface area contributed by atoms with Crippen molar-refractivity contribution in [1.29, 1.82) is 0 Å². The normalized spacial score (nSPS) is 14.5. The van der Waals surface area contributed by atoms with Crippen LogP contribution in [0.15, 0.2) is 65.6 Å². The standard InChI is InChI=1S/C23H20F3NO4S/c24-19-3-1-2-16(9-19)14-30-15-17-4-5-23-18(8-17)13-27(6-7-31-23)32(28,29)22-11-20(25)10-21(26)12-22/h1-5,8-12H,6-7,13-15H2. The van der Waals surface area contributed by atoms with Gasteiger partial charge in [0.25, 0.3) is 0 Å². The van der Waals surface area contributed by atoms with Crippen LogP contribution in [0.5, 0.6) is 5.75 Å². The molecule has 0 atom stereocenters. The van der Waals surface area contributed by atoms with E-state index in [9.17, 15) is 21.6 Å². The molecule has 168 valence electrons. The van der Waals surface area contributed by atoms with Crippen molar-refractivity contribution in [3.05, 3.63) is 94.8 Å². The van der Waals surface area contributed by atoms with E-state index in [1.807, 2.05) is 0 Å². The summed E-state index contributed by atoms with van der Waals surface area (Å²) in [6.45, 7) is 0.552. The van der Waals surface area contributed by atoms with Crippen LogP contribution in [-0.2, 0) is 34.5 Å². The summed E-state index contributed by atoms with van der Waals surface area (Å²) in [5.41, 5.74) is 2.08. The van der Waals surface area contributed by atoms with Gasteiger partial charge in [0.1, 0.15) is 29.8 Å². The Morgan fingerprint density at radius 1 is 0.875 bits per heavy atom. The van der Waals surface area contributed by atoms with Crippen LogP contribution in [0.3, 0.4) is 0 Å². The van der Waals surface area contributed by atoms with Crippen LogP contribution in [0.2, 0.25) is 0 Å². The fraction of sp³-hybridized carbons (Fsp3) is 0.217. The van der Waals surface area contributed by atoms with E-state index in [4.69, 9.17) is 9.47 Å². The third-order valence-corrected chi connectivity index (χ3v) is 6.79. The summed E-state index contributed by atoms with van der Waals surface area (Å²) in [5, 5.41) is 0. The molecule has 0 fully saturated rings. The van der Waals surface area contributed by atoms with Crippen molar-refractivity contribution in [1.82, 2.24) is 4.31 Å². The second-order valence-electron chi connectivity index (χ2n) is 7.36. The van der Waals surface area contributed by atoms with E-state index < -0.39 is 26.6 Å². The molecule has 0 saturated carbocycles. The van der Waals surface area contributed by atoms with Gasteiger partial charge in [0, 0.05) is 24.7 Å². The maximum atomic E-state index is 13.6. The SMILES string of the molecule is O=S(=O)(c1cc(F)cc(F)c1)N1CCOc2ccc(COCc3cccc(F)c3)cc2C1. The van der Waals surface area contributed by atoms with Crippen molar-refractivity contribution in [3.63, 3.8) is 0 Å². The maximum absolute atomic E-state index is 13.6. The number of rotatable bonds is 6. The first-order valence-electron chi connectivity index (χ1n) is 9.84. The van der Waals surface area contributed by atoms with Crippen molar-refractivity contribution in [2.24, 2.45) is 0 Å². The Morgan fingerprint density at radius 2 is 1.59 bits per heavy atom. The van der Waals surface area contributed by atoms with E-state index in [-0.39, 0.29) is 38.7 Å². The Labute approximate surface area is 184 Å². The Morgan fingerprint density at radius 3 is 2.31 bits per heavy atom. The number of ether oxygens (including phenoxy) is 2. The number of benzene rings is 3. The molecule has 32 heavy (non-hydrogen) atoms. The minimum absolute atomic E-state index is 0.0203. The number of hydrogen-bond donors (Lipinski definition) is 0. The van der Waals surface area contributed by atoms with Crippen LogP contribution in [0, 0.1) is 17.5 Å². The fourth-order valence-electron chi connectivity index (χ4n) is 3.46. The van der Waals surface area contributed by atoms with Crippen molar-refractivity contribution < 1.29 is 31.1 Å². The summed E-state index contributed by atoms with van der Waals surface area (Å²) >= 11 is 0. The van der Waals surface area contributed by atoms with Crippen molar-refractivity contribution in [2.45, 2.75) is 24.7 Å². The van der Waals surface area contributed by atoms with Gasteiger partial charge < -0.3 is 9.47 Å². The van der Waals surface area contributed by atoms with Gasteiger partial charge in [-0.3, -0.25) is 0 Å². The van der Waals surface area contributed by atoms with Crippen LogP contribution in [0.1, 0.15) is 16.7 Å². The van der Waals surface area contributed by atoms with Gasteiger partial charge in [-0.25, -0.2) is 21.6 Å². The average Bonchev–Trinajstić information content (AvgIpc) is 2.96. The topological polar surface area (TPSA) is 55.8 Å². The van der Waals surface area contributed by atoms with Gasteiger partial charge in [0.05, 0.1) is 18.1 Å². The molecule has 5 nitrogen and oxygen atoms in total. The van der Waals surface area contributed by atoms with E-state index in [0.29, 0.717) is 22.9 Å². The molecule has 9 heteroatoms. The molecule has 4 rings (SSSR count). The molecule has 0 spiro atoms. The van der Waals surface area contributed by atoms with Gasteiger partial charge in [0.15, 0.2) is 0 Å². The molecule has 0 saturated heterocycles. The molecule has 0 radical (unpaired) electrons. The Bertz CT molecular complexity index is 1210. The second kappa shape index (κ2) is 9.32. The molecule has 1 aliphatic rings. The highest BCUT2D eigenvalue weighted by molar-refractivity contribution is 7.89. The number of fused-ring (bicyclic) bond motifs is 1. The van der Waals surface area contributed by atoms with Crippen LogP contribution in [0.25, 0.3) is 0 Å². The Balaban J connectivity index is 1.50. The van der Waals surface area contributed by atoms with Crippen LogP contribution < -0.4 is 4.74 Å². The first kappa shape index (κ1) is 22.3. The lowest BCUT2D eigenvalue weighted by Crippen LogP contribution is -2.32. The van der Waals surface area contributed by atoms with E-state index in [1.165, 1.54) is 12.1 Å². The molecule has 3 aromatic rings. The molecule has 1 aliphatic heterocycles.